The molecule has 2 unspecified atom stereocenters. The Balaban J connectivity index is 1.76. The Morgan fingerprint density at radius 3 is 2.49 bits per heavy atom. The van der Waals surface area contributed by atoms with Crippen LogP contribution in [0.2, 0.25) is 0 Å². The van der Waals surface area contributed by atoms with Crippen molar-refractivity contribution in [3.05, 3.63) is 81.9 Å². The summed E-state index contributed by atoms with van der Waals surface area (Å²) in [5.74, 6) is -1.21. The molecule has 1 fully saturated rings. The highest BCUT2D eigenvalue weighted by molar-refractivity contribution is 6.01. The van der Waals surface area contributed by atoms with E-state index in [0.717, 1.165) is 28.7 Å². The van der Waals surface area contributed by atoms with E-state index in [4.69, 9.17) is 11.1 Å². The molecule has 8 nitrogen and oxygen atoms in total. The van der Waals surface area contributed by atoms with E-state index in [0.29, 0.717) is 17.6 Å². The molecule has 204 valence electrons. The van der Waals surface area contributed by atoms with Crippen LogP contribution >= 0.6 is 0 Å². The van der Waals surface area contributed by atoms with Crippen LogP contribution in [0.4, 0.5) is 0 Å². The quantitative estimate of drug-likeness (QED) is 0.330. The van der Waals surface area contributed by atoms with Gasteiger partial charge in [0, 0.05) is 23.3 Å². The molecule has 39 heavy (non-hydrogen) atoms. The van der Waals surface area contributed by atoms with Gasteiger partial charge in [-0.1, -0.05) is 35.9 Å². The number of benzene rings is 2. The Morgan fingerprint density at radius 2 is 1.90 bits per heavy atom. The van der Waals surface area contributed by atoms with Gasteiger partial charge < -0.3 is 21.4 Å². The van der Waals surface area contributed by atoms with E-state index in [9.17, 15) is 19.6 Å². The second kappa shape index (κ2) is 12.1. The number of nitriles is 1. The minimum absolute atomic E-state index is 0.162. The lowest BCUT2D eigenvalue weighted by molar-refractivity contribution is -0.134. The average Bonchev–Trinajstić information content (AvgIpc) is 3.34. The smallest absolute Gasteiger partial charge is 0.251 e. The van der Waals surface area contributed by atoms with E-state index >= 15 is 0 Å². The Labute approximate surface area is 230 Å². The Morgan fingerprint density at radius 1 is 1.18 bits per heavy atom. The van der Waals surface area contributed by atoms with Gasteiger partial charge in [0.1, 0.15) is 0 Å². The van der Waals surface area contributed by atoms with Crippen LogP contribution in [0.25, 0.3) is 0 Å². The summed E-state index contributed by atoms with van der Waals surface area (Å²) in [5.41, 5.74) is 9.39. The topological polar surface area (TPSA) is 140 Å². The molecule has 3 rings (SSSR count). The summed E-state index contributed by atoms with van der Waals surface area (Å²) in [7, 11) is 0. The van der Waals surface area contributed by atoms with Gasteiger partial charge in [-0.2, -0.15) is 5.26 Å². The molecule has 8 heteroatoms. The molecule has 0 saturated carbocycles. The third kappa shape index (κ3) is 6.99. The molecule has 3 amide bonds. The van der Waals surface area contributed by atoms with Crippen molar-refractivity contribution in [3.63, 3.8) is 0 Å². The fourth-order valence-corrected chi connectivity index (χ4v) is 5.21. The maximum absolute atomic E-state index is 13.6. The maximum atomic E-state index is 13.6. The largest absolute Gasteiger partial charge is 0.366 e. The van der Waals surface area contributed by atoms with Gasteiger partial charge in [0.15, 0.2) is 0 Å². The SMILES string of the molecule is CC(=N)/C=C(/Cc1ccc(C(=O)NCC(=O)N2C(c3cccc(C)c3)CCC2C(C)(C)C#N)cc1C)C(N)=O. The number of hydrogen-bond donors (Lipinski definition) is 3. The number of aryl methyl sites for hydroxylation is 2. The minimum Gasteiger partial charge on any atom is -0.366 e. The molecule has 0 radical (unpaired) electrons. The van der Waals surface area contributed by atoms with Crippen LogP contribution in [0.1, 0.15) is 72.3 Å². The van der Waals surface area contributed by atoms with Gasteiger partial charge in [-0.05, 0) is 82.4 Å². The molecule has 0 aliphatic carbocycles. The lowest BCUT2D eigenvalue weighted by Crippen LogP contribution is -2.48. The molecule has 0 aromatic heterocycles. The third-order valence-electron chi connectivity index (χ3n) is 7.31. The van der Waals surface area contributed by atoms with Crippen molar-refractivity contribution >= 4 is 23.4 Å². The highest BCUT2D eigenvalue weighted by atomic mass is 16.2. The van der Waals surface area contributed by atoms with E-state index in [-0.39, 0.29) is 42.6 Å². The first kappa shape index (κ1) is 29.3. The molecule has 2 atom stereocenters. The predicted octanol–water partition coefficient (Wildman–Crippen LogP) is 4.31. The number of allylic oxidation sites excluding steroid dienone is 1. The Kier molecular flexibility index (Phi) is 9.08. The molecule has 0 bridgehead atoms. The number of rotatable bonds is 9. The van der Waals surface area contributed by atoms with Crippen LogP contribution < -0.4 is 11.1 Å². The van der Waals surface area contributed by atoms with Crippen LogP contribution in [0.5, 0.6) is 0 Å². The van der Waals surface area contributed by atoms with Crippen LogP contribution in [0.15, 0.2) is 54.1 Å². The molecule has 1 aliphatic rings. The van der Waals surface area contributed by atoms with Crippen LogP contribution in [0, 0.1) is 36.0 Å². The van der Waals surface area contributed by atoms with Crippen molar-refractivity contribution in [2.75, 3.05) is 6.54 Å². The minimum atomic E-state index is -0.736. The zero-order valence-electron chi connectivity index (χ0n) is 23.3. The maximum Gasteiger partial charge on any atom is 0.251 e. The van der Waals surface area contributed by atoms with Gasteiger partial charge >= 0.3 is 0 Å². The van der Waals surface area contributed by atoms with Gasteiger partial charge in [-0.25, -0.2) is 0 Å². The number of carbonyl (C=O) groups excluding carboxylic acids is 3. The van der Waals surface area contributed by atoms with Crippen molar-refractivity contribution in [1.82, 2.24) is 10.2 Å². The van der Waals surface area contributed by atoms with Gasteiger partial charge in [-0.15, -0.1) is 0 Å². The van der Waals surface area contributed by atoms with Crippen molar-refractivity contribution in [2.24, 2.45) is 11.1 Å². The zero-order valence-corrected chi connectivity index (χ0v) is 23.3. The second-order valence-electron chi connectivity index (χ2n) is 10.9. The first-order chi connectivity index (χ1) is 18.3. The van der Waals surface area contributed by atoms with Gasteiger partial charge in [0.25, 0.3) is 5.91 Å². The normalized spacial score (nSPS) is 17.4. The molecule has 0 spiro atoms. The molecule has 1 aliphatic heterocycles. The lowest BCUT2D eigenvalue weighted by atomic mass is 9.84. The predicted molar refractivity (Wildman–Crippen MR) is 151 cm³/mol. The second-order valence-corrected chi connectivity index (χ2v) is 10.9. The summed E-state index contributed by atoms with van der Waals surface area (Å²) < 4.78 is 0. The summed E-state index contributed by atoms with van der Waals surface area (Å²) >= 11 is 0. The monoisotopic (exact) mass is 527 g/mol. The summed E-state index contributed by atoms with van der Waals surface area (Å²) in [6.45, 7) is 8.92. The summed E-state index contributed by atoms with van der Waals surface area (Å²) in [6, 6.07) is 15.1. The highest BCUT2D eigenvalue weighted by Gasteiger charge is 2.45. The number of nitrogens with zero attached hydrogens (tertiary/aromatic N) is 2. The number of primary amides is 1. The van der Waals surface area contributed by atoms with E-state index in [1.165, 1.54) is 6.08 Å². The number of amides is 3. The van der Waals surface area contributed by atoms with Crippen molar-refractivity contribution in [1.29, 1.82) is 10.7 Å². The number of nitrogens with one attached hydrogen (secondary N) is 2. The molecule has 2 aromatic rings. The van der Waals surface area contributed by atoms with Crippen molar-refractivity contribution in [3.8, 4) is 6.07 Å². The summed E-state index contributed by atoms with van der Waals surface area (Å²) in [5, 5.41) is 20.2. The van der Waals surface area contributed by atoms with Crippen LogP contribution in [-0.4, -0.2) is 40.9 Å². The van der Waals surface area contributed by atoms with Crippen LogP contribution in [-0.2, 0) is 16.0 Å². The fourth-order valence-electron chi connectivity index (χ4n) is 5.21. The van der Waals surface area contributed by atoms with E-state index in [1.807, 2.05) is 45.9 Å². The molecule has 2 aromatic carbocycles. The molecule has 4 N–H and O–H groups in total. The van der Waals surface area contributed by atoms with Gasteiger partial charge in [0.05, 0.1) is 30.1 Å². The lowest BCUT2D eigenvalue weighted by Gasteiger charge is -2.36. The number of likely N-dealkylation sites (tertiary alicyclic amines) is 1. The summed E-state index contributed by atoms with van der Waals surface area (Å²) in [6.07, 6.45) is 3.15. The van der Waals surface area contributed by atoms with Crippen molar-refractivity contribution in [2.45, 2.75) is 66.0 Å². The van der Waals surface area contributed by atoms with E-state index in [2.05, 4.69) is 17.5 Å². The van der Waals surface area contributed by atoms with Crippen LogP contribution in [0.3, 0.4) is 0 Å². The molecular formula is C31H37N5O3. The van der Waals surface area contributed by atoms with Crippen molar-refractivity contribution < 1.29 is 14.4 Å². The average molecular weight is 528 g/mol. The van der Waals surface area contributed by atoms with E-state index < -0.39 is 11.3 Å². The summed E-state index contributed by atoms with van der Waals surface area (Å²) in [4.78, 5) is 40.1. The molecule has 1 heterocycles. The van der Waals surface area contributed by atoms with E-state index in [1.54, 1.807) is 30.0 Å². The zero-order chi connectivity index (χ0) is 28.9. The first-order valence-corrected chi connectivity index (χ1v) is 13.1. The number of carbonyl (C=O) groups is 3. The number of nitrogens with two attached hydrogens (primary N) is 1. The molecular weight excluding hydrogens is 490 g/mol. The Bertz CT molecular complexity index is 1370. The van der Waals surface area contributed by atoms with Gasteiger partial charge in [0.2, 0.25) is 11.8 Å². The third-order valence-corrected chi connectivity index (χ3v) is 7.31. The highest BCUT2D eigenvalue weighted by Crippen LogP contribution is 2.43. The van der Waals surface area contributed by atoms with Gasteiger partial charge in [-0.3, -0.25) is 14.4 Å². The first-order valence-electron chi connectivity index (χ1n) is 13.1. The number of hydrogen-bond acceptors (Lipinski definition) is 5. The standard InChI is InChI=1S/C31H37N5O3/c1-19-7-6-8-23(13-19)26-11-12-27(31(4,5)18-32)36(26)28(37)17-35-30(39)24-10-9-22(20(2)14-24)16-25(29(34)38)15-21(3)33/h6-10,13-15,26-27,33H,11-12,16-17H2,1-5H3,(H2,34,38)(H,35,39)/b25-15-,33-21?. The molecule has 1 saturated heterocycles. The Hall–Kier alpha value is -4.25. The fraction of sp³-hybridized carbons (Fsp3) is 0.387.